The van der Waals surface area contributed by atoms with Crippen LogP contribution in [0.3, 0.4) is 0 Å². The smallest absolute Gasteiger partial charge is 0.407 e. The van der Waals surface area contributed by atoms with E-state index in [1.54, 1.807) is 25.7 Å². The highest BCUT2D eigenvalue weighted by Gasteiger charge is 2.22. The number of hydrogen-bond acceptors (Lipinski definition) is 4. The first kappa shape index (κ1) is 20.2. The van der Waals surface area contributed by atoms with Gasteiger partial charge in [-0.3, -0.25) is 0 Å². The number of nitrogens with one attached hydrogen (secondary N) is 2. The number of urea groups is 1. The number of halogens is 1. The zero-order chi connectivity index (χ0) is 19.2. The second-order valence-corrected chi connectivity index (χ2v) is 7.49. The molecular weight excluding hydrogens is 356 g/mol. The van der Waals surface area contributed by atoms with Crippen LogP contribution in [0.5, 0.6) is 0 Å². The van der Waals surface area contributed by atoms with Crippen LogP contribution in [0.4, 0.5) is 15.3 Å². The topological polar surface area (TPSA) is 73.9 Å². The van der Waals surface area contributed by atoms with Crippen molar-refractivity contribution in [1.82, 2.24) is 15.5 Å². The molecule has 0 radical (unpaired) electrons. The van der Waals surface area contributed by atoms with Crippen LogP contribution in [0, 0.1) is 0 Å². The van der Waals surface area contributed by atoms with Gasteiger partial charge in [0.05, 0.1) is 10.7 Å². The third-order valence-corrected chi connectivity index (χ3v) is 4.15. The summed E-state index contributed by atoms with van der Waals surface area (Å²) in [5, 5.41) is 6.14. The second kappa shape index (κ2) is 8.98. The highest BCUT2D eigenvalue weighted by atomic mass is 35.5. The molecule has 1 fully saturated rings. The van der Waals surface area contributed by atoms with Crippen molar-refractivity contribution in [3.8, 4) is 0 Å². The summed E-state index contributed by atoms with van der Waals surface area (Å²) in [4.78, 5) is 27.7. The molecule has 7 nitrogen and oxygen atoms in total. The lowest BCUT2D eigenvalue weighted by molar-refractivity contribution is 0.0528. The zero-order valence-corrected chi connectivity index (χ0v) is 16.3. The van der Waals surface area contributed by atoms with Gasteiger partial charge >= 0.3 is 12.1 Å². The molecular formula is C18H27ClN4O3. The fourth-order valence-corrected chi connectivity index (χ4v) is 2.87. The molecule has 0 aromatic heterocycles. The number of ether oxygens (including phenoxy) is 1. The minimum atomic E-state index is -0.533. The summed E-state index contributed by atoms with van der Waals surface area (Å²) in [6, 6.07) is 7.59. The maximum absolute atomic E-state index is 12.2. The van der Waals surface area contributed by atoms with Crippen molar-refractivity contribution in [1.29, 1.82) is 0 Å². The largest absolute Gasteiger partial charge is 0.444 e. The van der Waals surface area contributed by atoms with Gasteiger partial charge in [0.2, 0.25) is 0 Å². The number of benzene rings is 1. The summed E-state index contributed by atoms with van der Waals surface area (Å²) in [5.41, 5.74) is 0.463. The lowest BCUT2D eigenvalue weighted by Crippen LogP contribution is -2.52. The van der Waals surface area contributed by atoms with Gasteiger partial charge in [0.1, 0.15) is 5.60 Å². The Hall–Kier alpha value is -2.15. The SMILES string of the molecule is CC(C)(C)OC(=O)NCCNC(=O)N1CCN(c2ccccc2Cl)CC1. The first-order valence-corrected chi connectivity index (χ1v) is 9.13. The molecule has 1 aliphatic heterocycles. The van der Waals surface area contributed by atoms with E-state index in [-0.39, 0.29) is 6.03 Å². The molecule has 8 heteroatoms. The molecule has 1 aromatic rings. The molecule has 0 bridgehead atoms. The maximum Gasteiger partial charge on any atom is 0.407 e. The summed E-state index contributed by atoms with van der Waals surface area (Å²) in [5.74, 6) is 0. The van der Waals surface area contributed by atoms with Crippen molar-refractivity contribution < 1.29 is 14.3 Å². The van der Waals surface area contributed by atoms with E-state index in [0.717, 1.165) is 23.8 Å². The number of nitrogens with zero attached hydrogens (tertiary/aromatic N) is 2. The average molecular weight is 383 g/mol. The van der Waals surface area contributed by atoms with Crippen molar-refractivity contribution in [2.24, 2.45) is 0 Å². The van der Waals surface area contributed by atoms with Gasteiger partial charge in [0.15, 0.2) is 0 Å². The molecule has 1 aromatic carbocycles. The minimum Gasteiger partial charge on any atom is -0.444 e. The Bertz CT molecular complexity index is 625. The molecule has 3 amide bonds. The first-order chi connectivity index (χ1) is 12.3. The van der Waals surface area contributed by atoms with Gasteiger partial charge in [-0.05, 0) is 32.9 Å². The van der Waals surface area contributed by atoms with Crippen LogP contribution in [-0.4, -0.2) is 61.9 Å². The number of anilines is 1. The molecule has 0 spiro atoms. The van der Waals surface area contributed by atoms with E-state index in [1.807, 2.05) is 24.3 Å². The molecule has 0 atom stereocenters. The molecule has 0 aliphatic carbocycles. The fraction of sp³-hybridized carbons (Fsp3) is 0.556. The van der Waals surface area contributed by atoms with Crippen LogP contribution in [-0.2, 0) is 4.74 Å². The molecule has 1 heterocycles. The van der Waals surface area contributed by atoms with Crippen LogP contribution in [0.1, 0.15) is 20.8 Å². The fourth-order valence-electron chi connectivity index (χ4n) is 2.62. The van der Waals surface area contributed by atoms with Crippen molar-refractivity contribution in [2.45, 2.75) is 26.4 Å². The number of amides is 3. The van der Waals surface area contributed by atoms with Gasteiger partial charge in [-0.25, -0.2) is 9.59 Å². The molecule has 144 valence electrons. The monoisotopic (exact) mass is 382 g/mol. The normalized spacial score (nSPS) is 14.8. The molecule has 2 rings (SSSR count). The number of carbonyl (C=O) groups is 2. The summed E-state index contributed by atoms with van der Waals surface area (Å²) >= 11 is 6.23. The van der Waals surface area contributed by atoms with Gasteiger partial charge in [-0.1, -0.05) is 23.7 Å². The lowest BCUT2D eigenvalue weighted by Gasteiger charge is -2.36. The minimum absolute atomic E-state index is 0.130. The van der Waals surface area contributed by atoms with Crippen LogP contribution in [0.2, 0.25) is 5.02 Å². The van der Waals surface area contributed by atoms with Crippen LogP contribution in [0.15, 0.2) is 24.3 Å². The van der Waals surface area contributed by atoms with Gasteiger partial charge < -0.3 is 25.2 Å². The first-order valence-electron chi connectivity index (χ1n) is 8.75. The predicted octanol–water partition coefficient (Wildman–Crippen LogP) is 2.70. The number of piperazine rings is 1. The Morgan fingerprint density at radius 2 is 1.69 bits per heavy atom. The van der Waals surface area contributed by atoms with E-state index >= 15 is 0 Å². The maximum atomic E-state index is 12.2. The Morgan fingerprint density at radius 3 is 2.31 bits per heavy atom. The van der Waals surface area contributed by atoms with Crippen molar-refractivity contribution in [3.63, 3.8) is 0 Å². The van der Waals surface area contributed by atoms with Crippen molar-refractivity contribution >= 4 is 29.4 Å². The Labute approximate surface area is 159 Å². The van der Waals surface area contributed by atoms with Gasteiger partial charge in [0.25, 0.3) is 0 Å². The van der Waals surface area contributed by atoms with Crippen LogP contribution >= 0.6 is 11.6 Å². The summed E-state index contributed by atoms with van der Waals surface area (Å²) in [7, 11) is 0. The van der Waals surface area contributed by atoms with E-state index in [1.165, 1.54) is 0 Å². The third-order valence-electron chi connectivity index (χ3n) is 3.83. The molecule has 0 saturated carbocycles. The zero-order valence-electron chi connectivity index (χ0n) is 15.5. The van der Waals surface area contributed by atoms with Crippen LogP contribution < -0.4 is 15.5 Å². The number of carbonyl (C=O) groups excluding carboxylic acids is 2. The molecule has 1 saturated heterocycles. The highest BCUT2D eigenvalue weighted by molar-refractivity contribution is 6.33. The van der Waals surface area contributed by atoms with E-state index in [9.17, 15) is 9.59 Å². The predicted molar refractivity (Wildman–Crippen MR) is 103 cm³/mol. The van der Waals surface area contributed by atoms with Crippen molar-refractivity contribution in [3.05, 3.63) is 29.3 Å². The van der Waals surface area contributed by atoms with Crippen LogP contribution in [0.25, 0.3) is 0 Å². The average Bonchev–Trinajstić information content (AvgIpc) is 2.57. The number of hydrogen-bond donors (Lipinski definition) is 2. The second-order valence-electron chi connectivity index (χ2n) is 7.09. The Morgan fingerprint density at radius 1 is 1.08 bits per heavy atom. The molecule has 1 aliphatic rings. The highest BCUT2D eigenvalue weighted by Crippen LogP contribution is 2.25. The van der Waals surface area contributed by atoms with E-state index in [0.29, 0.717) is 26.2 Å². The molecule has 2 N–H and O–H groups in total. The Balaban J connectivity index is 1.67. The van der Waals surface area contributed by atoms with Gasteiger partial charge in [0, 0.05) is 39.3 Å². The summed E-state index contributed by atoms with van der Waals surface area (Å²) in [6.07, 6.45) is -0.486. The number of rotatable bonds is 4. The molecule has 26 heavy (non-hydrogen) atoms. The summed E-state index contributed by atoms with van der Waals surface area (Å²) in [6.45, 7) is 8.78. The number of para-hydroxylation sites is 1. The van der Waals surface area contributed by atoms with E-state index in [2.05, 4.69) is 15.5 Å². The molecule has 0 unspecified atom stereocenters. The van der Waals surface area contributed by atoms with Gasteiger partial charge in [-0.2, -0.15) is 0 Å². The third kappa shape index (κ3) is 6.29. The van der Waals surface area contributed by atoms with Crippen molar-refractivity contribution in [2.75, 3.05) is 44.2 Å². The lowest BCUT2D eigenvalue weighted by atomic mass is 10.2. The Kier molecular flexibility index (Phi) is 6.97. The van der Waals surface area contributed by atoms with Gasteiger partial charge in [-0.15, -0.1) is 0 Å². The standard InChI is InChI=1S/C18H27ClN4O3/c1-18(2,3)26-17(25)21-9-8-20-16(24)23-12-10-22(11-13-23)15-7-5-4-6-14(15)19/h4-7H,8-13H2,1-3H3,(H,20,24)(H,21,25). The number of alkyl carbamates (subject to hydrolysis) is 1. The summed E-state index contributed by atoms with van der Waals surface area (Å²) < 4.78 is 5.14. The van der Waals surface area contributed by atoms with E-state index < -0.39 is 11.7 Å². The quantitative estimate of drug-likeness (QED) is 0.785. The van der Waals surface area contributed by atoms with E-state index in [4.69, 9.17) is 16.3 Å².